The molecule has 9 heteroatoms. The van der Waals surface area contributed by atoms with Gasteiger partial charge in [0, 0.05) is 48.1 Å². The van der Waals surface area contributed by atoms with E-state index in [9.17, 15) is 22.4 Å². The number of hydrogen-bond acceptors (Lipinski definition) is 3. The summed E-state index contributed by atoms with van der Waals surface area (Å²) in [5.41, 5.74) is 1.75. The molecule has 0 aliphatic carbocycles. The second-order valence-electron chi connectivity index (χ2n) is 9.15. The summed E-state index contributed by atoms with van der Waals surface area (Å²) in [6, 6.07) is 17.1. The van der Waals surface area contributed by atoms with Gasteiger partial charge in [-0.25, -0.2) is 4.39 Å². The number of hydrogen-bond donors (Lipinski definition) is 1. The number of carbonyl (C=O) groups excluding carboxylic acids is 1. The molecule has 4 nitrogen and oxygen atoms in total. The SMILES string of the molecule is O=C(NCc1ccccc1F)[C@H]1Cc2cc(C(F)(F)F)ccc2N2CCN(c3cccc(Cl)c3)C[C@@H]12. The summed E-state index contributed by atoms with van der Waals surface area (Å²) in [6.07, 6.45) is -4.31. The lowest BCUT2D eigenvalue weighted by molar-refractivity contribution is -0.137. The molecule has 0 radical (unpaired) electrons. The average Bonchev–Trinajstić information content (AvgIpc) is 2.86. The molecule has 2 atom stereocenters. The smallest absolute Gasteiger partial charge is 0.368 e. The molecule has 3 aromatic rings. The molecule has 1 fully saturated rings. The number of anilines is 2. The first-order valence-electron chi connectivity index (χ1n) is 11.7. The number of alkyl halides is 3. The molecule has 0 bridgehead atoms. The second-order valence-corrected chi connectivity index (χ2v) is 9.58. The Balaban J connectivity index is 1.45. The zero-order valence-corrected chi connectivity index (χ0v) is 20.0. The van der Waals surface area contributed by atoms with Crippen molar-refractivity contribution in [3.8, 4) is 0 Å². The maximum atomic E-state index is 14.1. The first kappa shape index (κ1) is 24.4. The van der Waals surface area contributed by atoms with Crippen LogP contribution >= 0.6 is 11.6 Å². The molecular formula is C27H24ClF4N3O. The molecule has 0 aromatic heterocycles. The third-order valence-corrected chi connectivity index (χ3v) is 7.20. The molecule has 1 amide bonds. The fourth-order valence-electron chi connectivity index (χ4n) is 5.16. The molecule has 2 aliphatic heterocycles. The number of carbonyl (C=O) groups is 1. The normalized spacial score (nSPS) is 19.5. The number of fused-ring (bicyclic) bond motifs is 3. The van der Waals surface area contributed by atoms with E-state index in [0.29, 0.717) is 35.8 Å². The Hall–Kier alpha value is -3.26. The van der Waals surface area contributed by atoms with E-state index in [1.54, 1.807) is 24.3 Å². The Kier molecular flexibility index (Phi) is 6.55. The predicted molar refractivity (Wildman–Crippen MR) is 132 cm³/mol. The topological polar surface area (TPSA) is 35.6 Å². The van der Waals surface area contributed by atoms with Gasteiger partial charge in [0.1, 0.15) is 5.82 Å². The van der Waals surface area contributed by atoms with E-state index in [1.807, 2.05) is 23.1 Å². The summed E-state index contributed by atoms with van der Waals surface area (Å²) < 4.78 is 54.3. The van der Waals surface area contributed by atoms with E-state index < -0.39 is 23.5 Å². The van der Waals surface area contributed by atoms with Crippen molar-refractivity contribution in [1.82, 2.24) is 5.32 Å². The number of halogens is 5. The second kappa shape index (κ2) is 9.65. The van der Waals surface area contributed by atoms with Crippen molar-refractivity contribution >= 4 is 28.9 Å². The van der Waals surface area contributed by atoms with Gasteiger partial charge in [0.25, 0.3) is 0 Å². The maximum Gasteiger partial charge on any atom is 0.416 e. The first-order chi connectivity index (χ1) is 17.2. The number of nitrogens with one attached hydrogen (secondary N) is 1. The van der Waals surface area contributed by atoms with Crippen LogP contribution in [-0.2, 0) is 23.9 Å². The number of piperazine rings is 1. The van der Waals surface area contributed by atoms with Crippen LogP contribution in [-0.4, -0.2) is 31.6 Å². The summed E-state index contributed by atoms with van der Waals surface area (Å²) in [6.45, 7) is 1.66. The van der Waals surface area contributed by atoms with Crippen LogP contribution in [0.1, 0.15) is 16.7 Å². The van der Waals surface area contributed by atoms with E-state index >= 15 is 0 Å². The summed E-state index contributed by atoms with van der Waals surface area (Å²) >= 11 is 6.19. The average molecular weight is 518 g/mol. The molecule has 188 valence electrons. The van der Waals surface area contributed by atoms with E-state index in [1.165, 1.54) is 12.1 Å². The highest BCUT2D eigenvalue weighted by Crippen LogP contribution is 2.40. The minimum Gasteiger partial charge on any atom is -0.368 e. The maximum absolute atomic E-state index is 14.1. The Morgan fingerprint density at radius 1 is 1.03 bits per heavy atom. The zero-order valence-electron chi connectivity index (χ0n) is 19.2. The lowest BCUT2D eigenvalue weighted by Gasteiger charge is -2.49. The van der Waals surface area contributed by atoms with Gasteiger partial charge in [0.05, 0.1) is 17.5 Å². The van der Waals surface area contributed by atoms with Crippen molar-refractivity contribution < 1.29 is 22.4 Å². The van der Waals surface area contributed by atoms with Crippen LogP contribution in [0.4, 0.5) is 28.9 Å². The zero-order chi connectivity index (χ0) is 25.4. The standard InChI is InChI=1S/C27H24ClF4N3O/c28-20-5-3-6-21(14-20)34-10-11-35-24-9-8-19(27(30,31)32)12-18(24)13-22(25(35)16-34)26(36)33-15-17-4-1-2-7-23(17)29/h1-9,12,14,22,25H,10-11,13,15-16H2,(H,33,36)/t22-,25-/m0/s1. The Bertz CT molecular complexity index is 1280. The van der Waals surface area contributed by atoms with Crippen LogP contribution in [0.15, 0.2) is 66.7 Å². The van der Waals surface area contributed by atoms with Crippen molar-refractivity contribution in [2.45, 2.75) is 25.2 Å². The summed E-state index contributed by atoms with van der Waals surface area (Å²) in [5, 5.41) is 3.41. The molecule has 2 aliphatic rings. The Morgan fingerprint density at radius 3 is 2.58 bits per heavy atom. The minimum absolute atomic E-state index is 0.00216. The Morgan fingerprint density at radius 2 is 1.83 bits per heavy atom. The lowest BCUT2D eigenvalue weighted by Crippen LogP contribution is -2.61. The van der Waals surface area contributed by atoms with Crippen LogP contribution in [0.2, 0.25) is 5.02 Å². The van der Waals surface area contributed by atoms with E-state index in [0.717, 1.165) is 23.5 Å². The number of benzene rings is 3. The fourth-order valence-corrected chi connectivity index (χ4v) is 5.35. The van der Waals surface area contributed by atoms with Gasteiger partial charge in [-0.05, 0) is 54.4 Å². The van der Waals surface area contributed by atoms with Crippen molar-refractivity contribution in [2.24, 2.45) is 5.92 Å². The van der Waals surface area contributed by atoms with Crippen LogP contribution in [0.3, 0.4) is 0 Å². The summed E-state index contributed by atoms with van der Waals surface area (Å²) in [7, 11) is 0. The van der Waals surface area contributed by atoms with E-state index in [4.69, 9.17) is 11.6 Å². The molecule has 36 heavy (non-hydrogen) atoms. The van der Waals surface area contributed by atoms with Crippen molar-refractivity contribution in [3.05, 3.63) is 94.3 Å². The van der Waals surface area contributed by atoms with E-state index in [-0.39, 0.29) is 24.9 Å². The highest BCUT2D eigenvalue weighted by atomic mass is 35.5. The number of amides is 1. The summed E-state index contributed by atoms with van der Waals surface area (Å²) in [4.78, 5) is 17.6. The molecule has 1 saturated heterocycles. The van der Waals surface area contributed by atoms with Crippen molar-refractivity contribution in [1.29, 1.82) is 0 Å². The molecule has 5 rings (SSSR count). The van der Waals surface area contributed by atoms with Gasteiger partial charge in [0.2, 0.25) is 5.91 Å². The third kappa shape index (κ3) is 4.87. The minimum atomic E-state index is -4.47. The third-order valence-electron chi connectivity index (χ3n) is 6.96. The van der Waals surface area contributed by atoms with E-state index in [2.05, 4.69) is 10.2 Å². The largest absolute Gasteiger partial charge is 0.416 e. The monoisotopic (exact) mass is 517 g/mol. The molecular weight excluding hydrogens is 494 g/mol. The van der Waals surface area contributed by atoms with Gasteiger partial charge >= 0.3 is 6.18 Å². The molecule has 2 heterocycles. The van der Waals surface area contributed by atoms with Gasteiger partial charge < -0.3 is 15.1 Å². The van der Waals surface area contributed by atoms with Gasteiger partial charge in [-0.2, -0.15) is 13.2 Å². The van der Waals surface area contributed by atoms with Crippen LogP contribution in [0, 0.1) is 11.7 Å². The van der Waals surface area contributed by atoms with Crippen LogP contribution < -0.4 is 15.1 Å². The highest BCUT2D eigenvalue weighted by Gasteiger charge is 2.42. The van der Waals surface area contributed by atoms with Crippen molar-refractivity contribution in [3.63, 3.8) is 0 Å². The molecule has 0 unspecified atom stereocenters. The van der Waals surface area contributed by atoms with Crippen LogP contribution in [0.25, 0.3) is 0 Å². The number of rotatable bonds is 4. The van der Waals surface area contributed by atoms with Gasteiger partial charge in [-0.3, -0.25) is 4.79 Å². The fraction of sp³-hybridized carbons (Fsp3) is 0.296. The van der Waals surface area contributed by atoms with Crippen molar-refractivity contribution in [2.75, 3.05) is 29.4 Å². The Labute approximate surface area is 211 Å². The lowest BCUT2D eigenvalue weighted by atomic mass is 9.82. The highest BCUT2D eigenvalue weighted by molar-refractivity contribution is 6.30. The molecule has 0 saturated carbocycles. The summed E-state index contributed by atoms with van der Waals surface area (Å²) in [5.74, 6) is -1.35. The van der Waals surface area contributed by atoms with Crippen LogP contribution in [0.5, 0.6) is 0 Å². The van der Waals surface area contributed by atoms with Gasteiger partial charge in [-0.1, -0.05) is 35.9 Å². The van der Waals surface area contributed by atoms with Gasteiger partial charge in [-0.15, -0.1) is 0 Å². The molecule has 3 aromatic carbocycles. The molecule has 1 N–H and O–H groups in total. The molecule has 0 spiro atoms. The number of nitrogens with zero attached hydrogens (tertiary/aromatic N) is 2. The predicted octanol–water partition coefficient (Wildman–Crippen LogP) is 5.68. The first-order valence-corrected chi connectivity index (χ1v) is 12.1. The van der Waals surface area contributed by atoms with Gasteiger partial charge in [0.15, 0.2) is 0 Å². The quantitative estimate of drug-likeness (QED) is 0.452.